The molecular formula is C27H28N8O2S. The van der Waals surface area contributed by atoms with Crippen molar-refractivity contribution < 1.29 is 9.59 Å². The molecule has 0 atom stereocenters. The second-order valence-corrected chi connectivity index (χ2v) is 9.98. The third kappa shape index (κ3) is 6.83. The molecule has 38 heavy (non-hydrogen) atoms. The van der Waals surface area contributed by atoms with Crippen LogP contribution < -0.4 is 21.5 Å². The van der Waals surface area contributed by atoms with E-state index in [2.05, 4.69) is 41.9 Å². The predicted molar refractivity (Wildman–Crippen MR) is 147 cm³/mol. The summed E-state index contributed by atoms with van der Waals surface area (Å²) in [5, 5.41) is 23.4. The molecule has 10 nitrogen and oxygen atoms in total. The molecule has 11 heteroatoms. The number of nitrogens with one attached hydrogen (secondary N) is 5. The van der Waals surface area contributed by atoms with Gasteiger partial charge in [-0.1, -0.05) is 53.8 Å². The quantitative estimate of drug-likeness (QED) is 0.188. The average molecular weight is 529 g/mol. The SMILES string of the molecule is O=C(Cc1ccccc1)NC1=CC=C(CCCCc2nnc(NC(=O)Cc3cccc4[nH]ncc34)s2)NN1. The number of unbranched alkanes of at least 4 members (excludes halogenated alkanes) is 1. The van der Waals surface area contributed by atoms with Gasteiger partial charge in [0.2, 0.25) is 16.9 Å². The molecular weight excluding hydrogens is 500 g/mol. The first-order valence-corrected chi connectivity index (χ1v) is 13.2. The van der Waals surface area contributed by atoms with Crippen LogP contribution in [-0.4, -0.2) is 32.2 Å². The summed E-state index contributed by atoms with van der Waals surface area (Å²) in [6, 6.07) is 15.4. The standard InChI is InChI=1S/C27H28N8O2S/c36-24(15-18-7-2-1-3-8-18)29-23-14-13-20(31-33-23)10-4-5-12-26-34-35-27(38-26)30-25(37)16-19-9-6-11-22-21(19)17-28-32-22/h1-3,6-9,11,13-14,17,31,33H,4-5,10,12,15-16H2,(H,28,32)(H,29,36)(H,30,35,37). The molecule has 2 amide bonds. The average Bonchev–Trinajstić information content (AvgIpc) is 3.58. The molecule has 0 bridgehead atoms. The van der Waals surface area contributed by atoms with Crippen LogP contribution >= 0.6 is 11.3 Å². The smallest absolute Gasteiger partial charge is 0.230 e. The Hall–Kier alpha value is -4.51. The van der Waals surface area contributed by atoms with Gasteiger partial charge >= 0.3 is 0 Å². The van der Waals surface area contributed by atoms with Crippen LogP contribution in [0.2, 0.25) is 0 Å². The molecule has 3 heterocycles. The third-order valence-electron chi connectivity index (χ3n) is 6.02. The monoisotopic (exact) mass is 528 g/mol. The molecule has 0 saturated heterocycles. The van der Waals surface area contributed by atoms with Crippen LogP contribution in [0.5, 0.6) is 0 Å². The highest BCUT2D eigenvalue weighted by Crippen LogP contribution is 2.20. The minimum atomic E-state index is -0.132. The summed E-state index contributed by atoms with van der Waals surface area (Å²) in [5.41, 5.74) is 10.0. The maximum Gasteiger partial charge on any atom is 0.230 e. The lowest BCUT2D eigenvalue weighted by atomic mass is 10.1. The van der Waals surface area contributed by atoms with Crippen molar-refractivity contribution in [1.29, 1.82) is 0 Å². The van der Waals surface area contributed by atoms with Crippen LogP contribution in [0.15, 0.2) is 78.4 Å². The molecule has 5 N–H and O–H groups in total. The minimum absolute atomic E-state index is 0.0726. The summed E-state index contributed by atoms with van der Waals surface area (Å²) in [4.78, 5) is 24.7. The van der Waals surface area contributed by atoms with Crippen LogP contribution in [0.25, 0.3) is 10.9 Å². The van der Waals surface area contributed by atoms with Gasteiger partial charge < -0.3 is 16.1 Å². The van der Waals surface area contributed by atoms with Gasteiger partial charge in [0.15, 0.2) is 0 Å². The Morgan fingerprint density at radius 3 is 2.53 bits per heavy atom. The number of rotatable bonds is 11. The molecule has 0 fully saturated rings. The van der Waals surface area contributed by atoms with Crippen molar-refractivity contribution in [2.45, 2.75) is 38.5 Å². The fourth-order valence-corrected chi connectivity index (χ4v) is 4.92. The lowest BCUT2D eigenvalue weighted by Gasteiger charge is -2.20. The van der Waals surface area contributed by atoms with E-state index in [0.717, 1.165) is 58.4 Å². The Labute approximate surface area is 223 Å². The highest BCUT2D eigenvalue weighted by atomic mass is 32.1. The number of aromatic nitrogens is 4. The van der Waals surface area contributed by atoms with Gasteiger partial charge in [0, 0.05) is 17.5 Å². The summed E-state index contributed by atoms with van der Waals surface area (Å²) >= 11 is 1.40. The number of carbonyl (C=O) groups excluding carboxylic acids is 2. The second kappa shape index (κ2) is 12.2. The van der Waals surface area contributed by atoms with Gasteiger partial charge in [0.1, 0.15) is 10.8 Å². The fourth-order valence-electron chi connectivity index (χ4n) is 4.13. The van der Waals surface area contributed by atoms with Crippen LogP contribution in [0.3, 0.4) is 0 Å². The summed E-state index contributed by atoms with van der Waals surface area (Å²) in [6.45, 7) is 0. The van der Waals surface area contributed by atoms with Gasteiger partial charge in [-0.05, 0) is 48.6 Å². The first kappa shape index (κ1) is 25.2. The third-order valence-corrected chi connectivity index (χ3v) is 6.92. The number of benzene rings is 2. The lowest BCUT2D eigenvalue weighted by molar-refractivity contribution is -0.120. The fraction of sp³-hybridized carbons (Fsp3) is 0.222. The number of hydrazine groups is 1. The van der Waals surface area contributed by atoms with Gasteiger partial charge in [0.25, 0.3) is 0 Å². The van der Waals surface area contributed by atoms with Gasteiger partial charge in [-0.25, -0.2) is 0 Å². The van der Waals surface area contributed by atoms with Gasteiger partial charge in [0.05, 0.1) is 24.6 Å². The minimum Gasteiger partial charge on any atom is -0.311 e. The molecule has 1 aliphatic rings. The topological polar surface area (TPSA) is 137 Å². The number of nitrogens with zero attached hydrogens (tertiary/aromatic N) is 3. The zero-order valence-electron chi connectivity index (χ0n) is 20.7. The second-order valence-electron chi connectivity index (χ2n) is 8.91. The maximum atomic E-state index is 12.5. The van der Waals surface area contributed by atoms with Crippen LogP contribution in [0, 0.1) is 0 Å². The Balaban J connectivity index is 1.01. The number of hydrogen-bond acceptors (Lipinski definition) is 8. The van der Waals surface area contributed by atoms with E-state index in [1.807, 2.05) is 60.7 Å². The maximum absolute atomic E-state index is 12.5. The van der Waals surface area contributed by atoms with Crippen molar-refractivity contribution in [3.63, 3.8) is 0 Å². The summed E-state index contributed by atoms with van der Waals surface area (Å²) in [7, 11) is 0. The molecule has 0 saturated carbocycles. The number of aromatic amines is 1. The molecule has 5 rings (SSSR count). The largest absolute Gasteiger partial charge is 0.311 e. The van der Waals surface area contributed by atoms with E-state index < -0.39 is 0 Å². The van der Waals surface area contributed by atoms with E-state index in [0.29, 0.717) is 17.4 Å². The van der Waals surface area contributed by atoms with E-state index in [1.54, 1.807) is 6.20 Å². The molecule has 0 aliphatic carbocycles. The Kier molecular flexibility index (Phi) is 8.04. The molecule has 0 radical (unpaired) electrons. The molecule has 4 aromatic rings. The number of carbonyl (C=O) groups is 2. The summed E-state index contributed by atoms with van der Waals surface area (Å²) < 4.78 is 0. The molecule has 194 valence electrons. The number of aryl methyl sites for hydroxylation is 1. The van der Waals surface area contributed by atoms with E-state index in [1.165, 1.54) is 11.3 Å². The van der Waals surface area contributed by atoms with E-state index >= 15 is 0 Å². The van der Waals surface area contributed by atoms with Gasteiger partial charge in [-0.15, -0.1) is 10.2 Å². The van der Waals surface area contributed by atoms with Crippen molar-refractivity contribution in [3.8, 4) is 0 Å². The van der Waals surface area contributed by atoms with Crippen molar-refractivity contribution in [2.24, 2.45) is 0 Å². The van der Waals surface area contributed by atoms with E-state index in [-0.39, 0.29) is 18.2 Å². The zero-order chi connectivity index (χ0) is 26.2. The molecule has 0 spiro atoms. The number of amides is 2. The number of anilines is 1. The van der Waals surface area contributed by atoms with Crippen molar-refractivity contribution in [1.82, 2.24) is 36.6 Å². The first-order chi connectivity index (χ1) is 18.6. The number of allylic oxidation sites excluding steroid dienone is 3. The molecule has 2 aromatic heterocycles. The number of H-pyrrole nitrogens is 1. The Morgan fingerprint density at radius 2 is 1.68 bits per heavy atom. The number of fused-ring (bicyclic) bond motifs is 1. The van der Waals surface area contributed by atoms with Gasteiger partial charge in [-0.3, -0.25) is 20.1 Å². The van der Waals surface area contributed by atoms with Crippen LogP contribution in [0.4, 0.5) is 5.13 Å². The van der Waals surface area contributed by atoms with Crippen molar-refractivity contribution >= 4 is 39.2 Å². The summed E-state index contributed by atoms with van der Waals surface area (Å²) in [5.74, 6) is 0.420. The normalized spacial score (nSPS) is 12.7. The lowest BCUT2D eigenvalue weighted by Crippen LogP contribution is -2.41. The van der Waals surface area contributed by atoms with Crippen molar-refractivity contribution in [2.75, 3.05) is 5.32 Å². The zero-order valence-corrected chi connectivity index (χ0v) is 21.5. The van der Waals surface area contributed by atoms with E-state index in [9.17, 15) is 9.59 Å². The Morgan fingerprint density at radius 1 is 0.842 bits per heavy atom. The van der Waals surface area contributed by atoms with Gasteiger partial charge in [-0.2, -0.15) is 5.10 Å². The molecule has 1 aliphatic heterocycles. The Bertz CT molecular complexity index is 1470. The van der Waals surface area contributed by atoms with Crippen LogP contribution in [0.1, 0.15) is 35.4 Å². The summed E-state index contributed by atoms with van der Waals surface area (Å²) in [6.07, 6.45) is 9.68. The highest BCUT2D eigenvalue weighted by Gasteiger charge is 2.12. The predicted octanol–water partition coefficient (Wildman–Crippen LogP) is 3.50. The molecule has 0 unspecified atom stereocenters. The molecule has 2 aromatic carbocycles. The van der Waals surface area contributed by atoms with Crippen LogP contribution in [-0.2, 0) is 28.9 Å². The van der Waals surface area contributed by atoms with Crippen molar-refractivity contribution in [3.05, 3.63) is 94.5 Å². The highest BCUT2D eigenvalue weighted by molar-refractivity contribution is 7.15. The van der Waals surface area contributed by atoms with E-state index in [4.69, 9.17) is 0 Å². The number of hydrogen-bond donors (Lipinski definition) is 5. The first-order valence-electron chi connectivity index (χ1n) is 12.4.